The number of fused-ring (bicyclic) bond motifs is 3. The van der Waals surface area contributed by atoms with Gasteiger partial charge in [0.15, 0.2) is 0 Å². The van der Waals surface area contributed by atoms with Gasteiger partial charge >= 0.3 is 11.9 Å². The van der Waals surface area contributed by atoms with Crippen LogP contribution < -0.4 is 15.0 Å². The number of carbonyl (C=O) groups is 3. The average molecular weight is 560 g/mol. The highest BCUT2D eigenvalue weighted by molar-refractivity contribution is 5.99. The maximum atomic E-state index is 13.6. The van der Waals surface area contributed by atoms with Crippen LogP contribution in [0.3, 0.4) is 0 Å². The lowest BCUT2D eigenvalue weighted by Gasteiger charge is -2.28. The summed E-state index contributed by atoms with van der Waals surface area (Å²) in [5, 5.41) is 12.4. The Bertz CT molecular complexity index is 1630. The predicted octanol–water partition coefficient (Wildman–Crippen LogP) is 5.18. The lowest BCUT2D eigenvalue weighted by atomic mass is 9.83. The van der Waals surface area contributed by atoms with Crippen molar-refractivity contribution in [1.29, 1.82) is 0 Å². The Morgan fingerprint density at radius 3 is 2.61 bits per heavy atom. The summed E-state index contributed by atoms with van der Waals surface area (Å²) in [7, 11) is 3.18. The summed E-state index contributed by atoms with van der Waals surface area (Å²) in [6, 6.07) is 8.59. The molecule has 0 spiro atoms. The Morgan fingerprint density at radius 2 is 1.83 bits per heavy atom. The van der Waals surface area contributed by atoms with Crippen LogP contribution in [0.1, 0.15) is 84.8 Å². The number of hydrogen-bond acceptors (Lipinski definition) is 8. The fraction of sp³-hybridized carbons (Fsp3) is 0.375. The lowest BCUT2D eigenvalue weighted by Crippen LogP contribution is -2.29. The summed E-state index contributed by atoms with van der Waals surface area (Å²) in [4.78, 5) is 51.9. The number of Topliss-reactive ketones (excluding diaryl/α,β-unsaturated/α-hetero) is 1. The van der Waals surface area contributed by atoms with Gasteiger partial charge in [0.25, 0.3) is 5.56 Å². The molecule has 0 fully saturated rings. The summed E-state index contributed by atoms with van der Waals surface area (Å²) in [5.41, 5.74) is 1.06. The average Bonchev–Trinajstić information content (AvgIpc) is 2.93. The minimum Gasteiger partial charge on any atom is -0.507 e. The van der Waals surface area contributed by atoms with Gasteiger partial charge in [0.2, 0.25) is 0 Å². The summed E-state index contributed by atoms with van der Waals surface area (Å²) < 4.78 is 18.0. The van der Waals surface area contributed by atoms with Gasteiger partial charge in [0.1, 0.15) is 28.6 Å². The SMILES string of the molecule is COc1ccc2cc([C@H]3CC(=O)Oc4cc5c(c(O)c43)C(=O)O[C@@H](C)CCCC(=O)CCCC=C5)c(=O)n(C)c2c1. The van der Waals surface area contributed by atoms with Crippen molar-refractivity contribution >= 4 is 34.7 Å². The molecule has 0 saturated heterocycles. The number of benzene rings is 2. The number of allylic oxidation sites excluding steroid dienone is 1. The minimum absolute atomic E-state index is 0.0507. The molecule has 2 atom stereocenters. The molecule has 9 heteroatoms. The van der Waals surface area contributed by atoms with Crippen LogP contribution in [0.5, 0.6) is 17.2 Å². The van der Waals surface area contributed by atoms with Crippen molar-refractivity contribution in [2.75, 3.05) is 7.11 Å². The third kappa shape index (κ3) is 5.62. The fourth-order valence-electron chi connectivity index (χ4n) is 5.63. The highest BCUT2D eigenvalue weighted by atomic mass is 16.5. The molecule has 0 amide bonds. The van der Waals surface area contributed by atoms with E-state index in [1.54, 1.807) is 45.4 Å². The third-order valence-corrected chi connectivity index (χ3v) is 7.82. The van der Waals surface area contributed by atoms with E-state index in [9.17, 15) is 24.3 Å². The Kier molecular flexibility index (Phi) is 7.97. The molecule has 0 aliphatic carbocycles. The number of methoxy groups -OCH3 is 1. The Hall–Kier alpha value is -4.40. The number of hydrogen-bond donors (Lipinski definition) is 1. The van der Waals surface area contributed by atoms with E-state index in [4.69, 9.17) is 14.2 Å². The van der Waals surface area contributed by atoms with E-state index in [0.717, 1.165) is 5.39 Å². The number of nitrogens with zero attached hydrogens (tertiary/aromatic N) is 1. The van der Waals surface area contributed by atoms with Crippen molar-refractivity contribution in [3.05, 3.63) is 69.0 Å². The normalized spacial score (nSPS) is 20.0. The van der Waals surface area contributed by atoms with Gasteiger partial charge in [0, 0.05) is 43.0 Å². The van der Waals surface area contributed by atoms with E-state index >= 15 is 0 Å². The molecule has 214 valence electrons. The zero-order chi connectivity index (χ0) is 29.3. The molecular formula is C32H33NO8. The molecule has 3 aromatic rings. The van der Waals surface area contributed by atoms with Crippen LogP contribution in [0.25, 0.3) is 17.0 Å². The van der Waals surface area contributed by atoms with E-state index in [0.29, 0.717) is 60.9 Å². The number of aromatic hydroxyl groups is 1. The molecule has 9 nitrogen and oxygen atoms in total. The number of rotatable bonds is 2. The summed E-state index contributed by atoms with van der Waals surface area (Å²) >= 11 is 0. The van der Waals surface area contributed by atoms with Gasteiger partial charge in [-0.15, -0.1) is 0 Å². The van der Waals surface area contributed by atoms with Gasteiger partial charge in [-0.3, -0.25) is 14.4 Å². The molecule has 1 N–H and O–H groups in total. The van der Waals surface area contributed by atoms with Gasteiger partial charge in [-0.1, -0.05) is 12.2 Å². The maximum absolute atomic E-state index is 13.6. The zero-order valence-electron chi connectivity index (χ0n) is 23.4. The third-order valence-electron chi connectivity index (χ3n) is 7.82. The summed E-state index contributed by atoms with van der Waals surface area (Å²) in [6.07, 6.45) is 6.07. The van der Waals surface area contributed by atoms with E-state index in [-0.39, 0.29) is 40.4 Å². The monoisotopic (exact) mass is 559 g/mol. The second-order valence-corrected chi connectivity index (χ2v) is 10.7. The van der Waals surface area contributed by atoms with Gasteiger partial charge < -0.3 is 23.9 Å². The number of phenolic OH excluding ortho intramolecular Hbond substituents is 1. The molecule has 1 aromatic heterocycles. The minimum atomic E-state index is -0.852. The quantitative estimate of drug-likeness (QED) is 0.337. The first-order valence-electron chi connectivity index (χ1n) is 13.8. The maximum Gasteiger partial charge on any atom is 0.342 e. The van der Waals surface area contributed by atoms with Crippen LogP contribution >= 0.6 is 0 Å². The molecule has 2 aliphatic heterocycles. The van der Waals surface area contributed by atoms with Crippen LogP contribution in [-0.4, -0.2) is 40.6 Å². The molecule has 2 aromatic carbocycles. The highest BCUT2D eigenvalue weighted by Crippen LogP contribution is 2.47. The van der Waals surface area contributed by atoms with Gasteiger partial charge in [0.05, 0.1) is 25.2 Å². The van der Waals surface area contributed by atoms with Crippen molar-refractivity contribution in [3.63, 3.8) is 0 Å². The molecule has 0 bridgehead atoms. The van der Waals surface area contributed by atoms with Crippen molar-refractivity contribution in [2.45, 2.75) is 63.9 Å². The second kappa shape index (κ2) is 11.6. The van der Waals surface area contributed by atoms with Crippen LogP contribution in [-0.2, 0) is 21.4 Å². The van der Waals surface area contributed by atoms with Crippen LogP contribution in [0, 0.1) is 0 Å². The smallest absolute Gasteiger partial charge is 0.342 e. The first-order chi connectivity index (χ1) is 19.7. The Labute approximate surface area is 237 Å². The van der Waals surface area contributed by atoms with E-state index in [1.807, 2.05) is 12.1 Å². The fourth-order valence-corrected chi connectivity index (χ4v) is 5.63. The summed E-state index contributed by atoms with van der Waals surface area (Å²) in [5.74, 6) is -1.65. The standard InChI is InChI=1S/C32H33NO8/c1-18-8-7-11-21(34)10-6-4-5-9-20-15-26-29(30(36)28(20)32(38)40-18)23(17-27(35)41-26)24-14-19-12-13-22(39-3)16-25(19)33(2)31(24)37/h5,9,12-16,18,23,36H,4,6-8,10-11,17H2,1-3H3/t18-,23+/m0/s1. The Morgan fingerprint density at radius 1 is 1.05 bits per heavy atom. The van der Waals surface area contributed by atoms with E-state index < -0.39 is 24.0 Å². The molecule has 0 unspecified atom stereocenters. The number of ketones is 1. The molecule has 3 heterocycles. The number of cyclic esters (lactones) is 1. The molecule has 2 aliphatic rings. The molecular weight excluding hydrogens is 526 g/mol. The zero-order valence-corrected chi connectivity index (χ0v) is 23.4. The van der Waals surface area contributed by atoms with E-state index in [1.165, 1.54) is 10.6 Å². The van der Waals surface area contributed by atoms with Crippen molar-refractivity contribution in [3.8, 4) is 17.2 Å². The first kappa shape index (κ1) is 28.1. The number of carbonyl (C=O) groups excluding carboxylic acids is 3. The van der Waals surface area contributed by atoms with Gasteiger partial charge in [-0.25, -0.2) is 4.79 Å². The number of aryl methyl sites for hydroxylation is 1. The number of ether oxygens (including phenoxy) is 3. The topological polar surface area (TPSA) is 121 Å². The summed E-state index contributed by atoms with van der Waals surface area (Å²) in [6.45, 7) is 1.75. The number of pyridine rings is 1. The highest BCUT2D eigenvalue weighted by Gasteiger charge is 2.37. The largest absolute Gasteiger partial charge is 0.507 e. The number of phenols is 1. The lowest BCUT2D eigenvalue weighted by molar-refractivity contribution is -0.135. The first-order valence-corrected chi connectivity index (χ1v) is 13.8. The van der Waals surface area contributed by atoms with Crippen LogP contribution in [0.2, 0.25) is 0 Å². The van der Waals surface area contributed by atoms with Crippen molar-refractivity contribution < 1.29 is 33.7 Å². The van der Waals surface area contributed by atoms with Gasteiger partial charge in [-0.05, 0) is 67.8 Å². The molecule has 5 rings (SSSR count). The molecule has 0 radical (unpaired) electrons. The van der Waals surface area contributed by atoms with E-state index in [2.05, 4.69) is 0 Å². The number of esters is 2. The van der Waals surface area contributed by atoms with Gasteiger partial charge in [-0.2, -0.15) is 0 Å². The van der Waals surface area contributed by atoms with Crippen molar-refractivity contribution in [1.82, 2.24) is 4.57 Å². The van der Waals surface area contributed by atoms with Crippen LogP contribution in [0.4, 0.5) is 0 Å². The Balaban J connectivity index is 1.66. The number of aromatic nitrogens is 1. The molecule has 0 saturated carbocycles. The predicted molar refractivity (Wildman–Crippen MR) is 153 cm³/mol. The second-order valence-electron chi connectivity index (χ2n) is 10.7. The van der Waals surface area contributed by atoms with Crippen LogP contribution in [0.15, 0.2) is 41.2 Å². The molecule has 41 heavy (non-hydrogen) atoms. The van der Waals surface area contributed by atoms with Crippen molar-refractivity contribution in [2.24, 2.45) is 7.05 Å².